The fraction of sp³-hybridized carbons (Fsp3) is 0.652. The minimum atomic E-state index is -0.900. The normalized spacial score (nSPS) is 13.6. The molecule has 170 valence electrons. The van der Waals surface area contributed by atoms with E-state index < -0.39 is 23.8 Å². The van der Waals surface area contributed by atoms with Gasteiger partial charge in [0.25, 0.3) is 0 Å². The van der Waals surface area contributed by atoms with E-state index in [0.717, 1.165) is 12.0 Å². The monoisotopic (exact) mass is 421 g/mol. The van der Waals surface area contributed by atoms with E-state index in [-0.39, 0.29) is 12.5 Å². The summed E-state index contributed by atoms with van der Waals surface area (Å²) in [5, 5.41) is 12.3. The Bertz CT molecular complexity index is 658. The fourth-order valence-electron chi connectivity index (χ4n) is 2.89. The van der Waals surface area contributed by atoms with Crippen LogP contribution in [0.1, 0.15) is 53.0 Å². The molecule has 7 heteroatoms. The molecule has 0 aliphatic carbocycles. The lowest BCUT2D eigenvalue weighted by Crippen LogP contribution is -2.53. The van der Waals surface area contributed by atoms with Crippen molar-refractivity contribution >= 4 is 12.0 Å². The lowest BCUT2D eigenvalue weighted by molar-refractivity contribution is -0.133. The minimum absolute atomic E-state index is 0.0315. The number of rotatable bonds is 10. The van der Waals surface area contributed by atoms with Gasteiger partial charge in [-0.3, -0.25) is 9.80 Å². The van der Waals surface area contributed by atoms with Gasteiger partial charge in [0.1, 0.15) is 5.60 Å². The summed E-state index contributed by atoms with van der Waals surface area (Å²) in [6, 6.07) is 9.16. The highest BCUT2D eigenvalue weighted by Gasteiger charge is 2.30. The summed E-state index contributed by atoms with van der Waals surface area (Å²) in [7, 11) is 3.28. The Hall–Kier alpha value is -2.12. The van der Waals surface area contributed by atoms with E-state index in [2.05, 4.69) is 19.3 Å². The average Bonchev–Trinajstić information content (AvgIpc) is 2.66. The van der Waals surface area contributed by atoms with Crippen LogP contribution in [0.2, 0.25) is 0 Å². The number of carbonyl (C=O) groups excluding carboxylic acids is 2. The van der Waals surface area contributed by atoms with Crippen molar-refractivity contribution < 1.29 is 19.4 Å². The predicted molar refractivity (Wildman–Crippen MR) is 119 cm³/mol. The second kappa shape index (κ2) is 11.9. The van der Waals surface area contributed by atoms with Crippen LogP contribution >= 0.6 is 0 Å². The van der Waals surface area contributed by atoms with E-state index in [1.165, 1.54) is 9.91 Å². The molecule has 0 aliphatic rings. The smallest absolute Gasteiger partial charge is 0.410 e. The molecule has 0 saturated carbocycles. The van der Waals surface area contributed by atoms with Crippen molar-refractivity contribution in [3.8, 4) is 0 Å². The van der Waals surface area contributed by atoms with Gasteiger partial charge < -0.3 is 14.7 Å². The fourth-order valence-corrected chi connectivity index (χ4v) is 2.89. The van der Waals surface area contributed by atoms with Gasteiger partial charge in [0.05, 0.1) is 12.1 Å². The van der Waals surface area contributed by atoms with E-state index in [9.17, 15) is 14.7 Å². The highest BCUT2D eigenvalue weighted by molar-refractivity contribution is 5.75. The van der Waals surface area contributed by atoms with E-state index in [1.54, 1.807) is 34.9 Å². The van der Waals surface area contributed by atoms with Crippen LogP contribution in [-0.4, -0.2) is 65.4 Å². The number of aliphatic hydroxyl groups excluding tert-OH is 1. The summed E-state index contributed by atoms with van der Waals surface area (Å²) in [4.78, 5) is 26.3. The topological polar surface area (TPSA) is 82.1 Å². The third-order valence-corrected chi connectivity index (χ3v) is 4.76. The maximum Gasteiger partial charge on any atom is 0.410 e. The van der Waals surface area contributed by atoms with Crippen LogP contribution in [-0.2, 0) is 16.0 Å². The third-order valence-electron chi connectivity index (χ3n) is 4.76. The van der Waals surface area contributed by atoms with Crippen molar-refractivity contribution in [3.63, 3.8) is 0 Å². The zero-order valence-corrected chi connectivity index (χ0v) is 19.5. The summed E-state index contributed by atoms with van der Waals surface area (Å²) in [5.41, 5.74) is 3.34. The Morgan fingerprint density at radius 3 is 2.27 bits per heavy atom. The number of hydrazine groups is 1. The van der Waals surface area contributed by atoms with Gasteiger partial charge in [0.2, 0.25) is 5.91 Å². The van der Waals surface area contributed by atoms with E-state index in [1.807, 2.05) is 30.3 Å². The molecule has 0 fully saturated rings. The maximum absolute atomic E-state index is 12.6. The highest BCUT2D eigenvalue weighted by atomic mass is 16.6. The zero-order valence-electron chi connectivity index (χ0n) is 19.5. The van der Waals surface area contributed by atoms with Gasteiger partial charge >= 0.3 is 6.09 Å². The van der Waals surface area contributed by atoms with Crippen LogP contribution in [0.5, 0.6) is 0 Å². The molecule has 2 unspecified atom stereocenters. The first-order chi connectivity index (χ1) is 13.9. The molecule has 1 aromatic carbocycles. The molecule has 0 spiro atoms. The molecule has 0 saturated heterocycles. The van der Waals surface area contributed by atoms with Gasteiger partial charge in [-0.05, 0) is 45.1 Å². The first kappa shape index (κ1) is 25.9. The molecule has 0 radical (unpaired) electrons. The van der Waals surface area contributed by atoms with Gasteiger partial charge in [-0.2, -0.15) is 0 Å². The molecule has 2 atom stereocenters. The van der Waals surface area contributed by atoms with Crippen molar-refractivity contribution in [3.05, 3.63) is 35.9 Å². The number of nitrogens with zero attached hydrogens (tertiary/aromatic N) is 2. The van der Waals surface area contributed by atoms with Crippen molar-refractivity contribution in [1.29, 1.82) is 0 Å². The molecule has 0 bridgehead atoms. The molecule has 1 aromatic rings. The number of hydrogen-bond donors (Lipinski definition) is 2. The number of amides is 2. The second-order valence-corrected chi connectivity index (χ2v) is 9.16. The van der Waals surface area contributed by atoms with Crippen molar-refractivity contribution in [2.45, 2.75) is 71.6 Å². The Morgan fingerprint density at radius 1 is 1.13 bits per heavy atom. The van der Waals surface area contributed by atoms with Crippen LogP contribution in [0.25, 0.3) is 0 Å². The molecule has 1 rings (SSSR count). The van der Waals surface area contributed by atoms with Gasteiger partial charge in [-0.15, -0.1) is 0 Å². The van der Waals surface area contributed by atoms with Crippen molar-refractivity contribution in [1.82, 2.24) is 15.3 Å². The van der Waals surface area contributed by atoms with Crippen LogP contribution in [0, 0.1) is 5.92 Å². The maximum atomic E-state index is 12.6. The Kier molecular flexibility index (Phi) is 10.3. The Balaban J connectivity index is 2.82. The molecular weight excluding hydrogens is 382 g/mol. The van der Waals surface area contributed by atoms with Gasteiger partial charge in [0, 0.05) is 27.1 Å². The number of benzene rings is 1. The lowest BCUT2D eigenvalue weighted by atomic mass is 10.00. The van der Waals surface area contributed by atoms with Gasteiger partial charge in [-0.25, -0.2) is 10.2 Å². The van der Waals surface area contributed by atoms with Crippen molar-refractivity contribution in [2.24, 2.45) is 5.92 Å². The molecule has 0 heterocycles. The number of carbonyl (C=O) groups is 2. The zero-order chi connectivity index (χ0) is 22.9. The summed E-state index contributed by atoms with van der Waals surface area (Å²) < 4.78 is 5.48. The standard InChI is InChI=1S/C23H39N3O4/c1-17(2)13-14-21(28)26(7)24-16-20(27)19(15-18-11-9-8-10-12-18)25(6)22(29)30-23(3,4)5/h8-12,17,19-20,24,27H,13-16H2,1-7H3. The molecule has 30 heavy (non-hydrogen) atoms. The molecular formula is C23H39N3O4. The van der Waals surface area contributed by atoms with E-state index in [4.69, 9.17) is 4.74 Å². The summed E-state index contributed by atoms with van der Waals surface area (Å²) in [6.07, 6.45) is 0.324. The van der Waals surface area contributed by atoms with Crippen LogP contribution in [0.4, 0.5) is 4.79 Å². The predicted octanol–water partition coefficient (Wildman–Crippen LogP) is 3.22. The molecule has 2 amide bonds. The SMILES string of the molecule is CC(C)CCC(=O)N(C)NCC(O)C(Cc1ccccc1)N(C)C(=O)OC(C)(C)C. The number of ether oxygens (including phenoxy) is 1. The third kappa shape index (κ3) is 9.59. The quantitative estimate of drug-likeness (QED) is 0.567. The summed E-state index contributed by atoms with van der Waals surface area (Å²) in [5.74, 6) is 0.418. The van der Waals surface area contributed by atoms with Crippen LogP contribution < -0.4 is 5.43 Å². The number of nitrogens with one attached hydrogen (secondary N) is 1. The van der Waals surface area contributed by atoms with Gasteiger partial charge in [-0.1, -0.05) is 44.2 Å². The minimum Gasteiger partial charge on any atom is -0.444 e. The van der Waals surface area contributed by atoms with Crippen LogP contribution in [0.3, 0.4) is 0 Å². The van der Waals surface area contributed by atoms with E-state index >= 15 is 0 Å². The second-order valence-electron chi connectivity index (χ2n) is 9.16. The summed E-state index contributed by atoms with van der Waals surface area (Å²) in [6.45, 7) is 9.70. The largest absolute Gasteiger partial charge is 0.444 e. The van der Waals surface area contributed by atoms with Crippen LogP contribution in [0.15, 0.2) is 30.3 Å². The molecule has 0 aliphatic heterocycles. The molecule has 7 nitrogen and oxygen atoms in total. The Morgan fingerprint density at radius 2 is 1.73 bits per heavy atom. The molecule has 0 aromatic heterocycles. The van der Waals surface area contributed by atoms with Crippen molar-refractivity contribution in [2.75, 3.05) is 20.6 Å². The molecule has 2 N–H and O–H groups in total. The Labute approximate surface area is 181 Å². The number of hydrogen-bond acceptors (Lipinski definition) is 5. The number of aliphatic hydroxyl groups is 1. The summed E-state index contributed by atoms with van der Waals surface area (Å²) >= 11 is 0. The number of likely N-dealkylation sites (N-methyl/N-ethyl adjacent to an activating group) is 1. The lowest BCUT2D eigenvalue weighted by Gasteiger charge is -2.34. The first-order valence-corrected chi connectivity index (χ1v) is 10.6. The average molecular weight is 422 g/mol. The first-order valence-electron chi connectivity index (χ1n) is 10.6. The van der Waals surface area contributed by atoms with Gasteiger partial charge in [0.15, 0.2) is 0 Å². The highest BCUT2D eigenvalue weighted by Crippen LogP contribution is 2.16. The van der Waals surface area contributed by atoms with E-state index in [0.29, 0.717) is 18.8 Å².